The minimum absolute atomic E-state index is 0.0688. The molecule has 2 atom stereocenters. The van der Waals surface area contributed by atoms with Crippen molar-refractivity contribution >= 4 is 28.6 Å². The van der Waals surface area contributed by atoms with Gasteiger partial charge in [0.1, 0.15) is 10.7 Å². The fraction of sp³-hybridized carbons (Fsp3) is 0.500. The van der Waals surface area contributed by atoms with Crippen LogP contribution in [0.1, 0.15) is 36.2 Å². The van der Waals surface area contributed by atoms with Crippen molar-refractivity contribution in [3.8, 4) is 9.88 Å². The Morgan fingerprint density at radius 3 is 3.09 bits per heavy atom. The van der Waals surface area contributed by atoms with Crippen molar-refractivity contribution in [2.75, 3.05) is 13.2 Å². The van der Waals surface area contributed by atoms with E-state index in [1.54, 1.807) is 22.7 Å². The van der Waals surface area contributed by atoms with E-state index in [0.29, 0.717) is 18.8 Å². The SMILES string of the molecule is O=C(c1csc(-c2cccs2)n1)N1CCO[C@H]2CCCC[C@H]21. The molecule has 0 unspecified atom stereocenters. The summed E-state index contributed by atoms with van der Waals surface area (Å²) in [5.74, 6) is 0.0688. The first-order valence-electron chi connectivity index (χ1n) is 7.75. The quantitative estimate of drug-likeness (QED) is 0.842. The number of hydrogen-bond acceptors (Lipinski definition) is 5. The molecule has 116 valence electrons. The molecule has 1 saturated heterocycles. The van der Waals surface area contributed by atoms with Crippen LogP contribution in [0.4, 0.5) is 0 Å². The molecular weight excluding hydrogens is 316 g/mol. The zero-order valence-electron chi connectivity index (χ0n) is 12.2. The molecule has 3 heterocycles. The Morgan fingerprint density at radius 1 is 1.32 bits per heavy atom. The number of fused-ring (bicyclic) bond motifs is 1. The van der Waals surface area contributed by atoms with Gasteiger partial charge in [-0.2, -0.15) is 0 Å². The molecule has 0 spiro atoms. The molecule has 4 nitrogen and oxygen atoms in total. The minimum Gasteiger partial charge on any atom is -0.374 e. The number of thiophene rings is 1. The normalized spacial score (nSPS) is 25.0. The van der Waals surface area contributed by atoms with E-state index in [2.05, 4.69) is 4.98 Å². The predicted molar refractivity (Wildman–Crippen MR) is 88.5 cm³/mol. The average Bonchev–Trinajstić information content (AvgIpc) is 3.24. The maximum absolute atomic E-state index is 12.9. The zero-order chi connectivity index (χ0) is 14.9. The van der Waals surface area contributed by atoms with E-state index in [0.717, 1.165) is 22.7 Å². The summed E-state index contributed by atoms with van der Waals surface area (Å²) >= 11 is 3.21. The first kappa shape index (κ1) is 14.4. The van der Waals surface area contributed by atoms with Crippen LogP contribution in [0.5, 0.6) is 0 Å². The molecule has 0 radical (unpaired) electrons. The lowest BCUT2D eigenvalue weighted by atomic mass is 9.90. The van der Waals surface area contributed by atoms with Gasteiger partial charge in [0.25, 0.3) is 5.91 Å². The fourth-order valence-corrected chi connectivity index (χ4v) is 4.99. The monoisotopic (exact) mass is 334 g/mol. The number of morpholine rings is 1. The second-order valence-corrected chi connectivity index (χ2v) is 7.58. The third-order valence-electron chi connectivity index (χ3n) is 4.45. The molecule has 1 saturated carbocycles. The highest BCUT2D eigenvalue weighted by Gasteiger charge is 2.37. The second kappa shape index (κ2) is 6.10. The van der Waals surface area contributed by atoms with E-state index < -0.39 is 0 Å². The van der Waals surface area contributed by atoms with E-state index in [-0.39, 0.29) is 18.1 Å². The summed E-state index contributed by atoms with van der Waals surface area (Å²) in [6, 6.07) is 4.29. The molecule has 0 bridgehead atoms. The number of hydrogen-bond donors (Lipinski definition) is 0. The summed E-state index contributed by atoms with van der Waals surface area (Å²) in [5, 5.41) is 4.86. The van der Waals surface area contributed by atoms with Crippen molar-refractivity contribution in [2.24, 2.45) is 0 Å². The van der Waals surface area contributed by atoms with Gasteiger partial charge in [-0.1, -0.05) is 18.9 Å². The van der Waals surface area contributed by atoms with Gasteiger partial charge in [-0.15, -0.1) is 22.7 Å². The Kier molecular flexibility index (Phi) is 3.98. The molecule has 1 amide bonds. The van der Waals surface area contributed by atoms with E-state index in [1.807, 2.05) is 27.8 Å². The molecule has 0 aromatic carbocycles. The van der Waals surface area contributed by atoms with E-state index in [1.165, 1.54) is 12.8 Å². The van der Waals surface area contributed by atoms with Crippen LogP contribution in [-0.4, -0.2) is 41.1 Å². The van der Waals surface area contributed by atoms with Crippen LogP contribution in [0.3, 0.4) is 0 Å². The Labute approximate surface area is 137 Å². The van der Waals surface area contributed by atoms with E-state index in [4.69, 9.17) is 4.74 Å². The smallest absolute Gasteiger partial charge is 0.273 e. The fourth-order valence-electron chi connectivity index (χ4n) is 3.38. The van der Waals surface area contributed by atoms with Crippen LogP contribution in [0.2, 0.25) is 0 Å². The average molecular weight is 334 g/mol. The van der Waals surface area contributed by atoms with Gasteiger partial charge in [0.2, 0.25) is 0 Å². The van der Waals surface area contributed by atoms with Gasteiger partial charge in [-0.25, -0.2) is 4.98 Å². The molecule has 2 aliphatic rings. The lowest BCUT2D eigenvalue weighted by molar-refractivity contribution is -0.0754. The number of amides is 1. The van der Waals surface area contributed by atoms with Gasteiger partial charge in [-0.05, 0) is 24.3 Å². The number of carbonyl (C=O) groups excluding carboxylic acids is 1. The molecule has 2 aromatic heterocycles. The van der Waals surface area contributed by atoms with Gasteiger partial charge in [-0.3, -0.25) is 4.79 Å². The van der Waals surface area contributed by atoms with E-state index in [9.17, 15) is 4.79 Å². The number of aromatic nitrogens is 1. The van der Waals surface area contributed by atoms with Crippen LogP contribution >= 0.6 is 22.7 Å². The summed E-state index contributed by atoms with van der Waals surface area (Å²) in [6.45, 7) is 1.33. The van der Waals surface area contributed by atoms with Crippen molar-refractivity contribution in [1.29, 1.82) is 0 Å². The first-order valence-corrected chi connectivity index (χ1v) is 9.51. The largest absolute Gasteiger partial charge is 0.374 e. The Bertz CT molecular complexity index is 651. The Morgan fingerprint density at radius 2 is 2.23 bits per heavy atom. The number of ether oxygens (including phenoxy) is 1. The van der Waals surface area contributed by atoms with Gasteiger partial charge in [0, 0.05) is 11.9 Å². The van der Waals surface area contributed by atoms with Crippen molar-refractivity contribution in [3.63, 3.8) is 0 Å². The molecule has 22 heavy (non-hydrogen) atoms. The third-order valence-corrected chi connectivity index (χ3v) is 6.33. The molecule has 0 N–H and O–H groups in total. The Balaban J connectivity index is 1.56. The van der Waals surface area contributed by atoms with Gasteiger partial charge >= 0.3 is 0 Å². The van der Waals surface area contributed by atoms with Crippen molar-refractivity contribution < 1.29 is 9.53 Å². The van der Waals surface area contributed by atoms with Crippen LogP contribution in [0.15, 0.2) is 22.9 Å². The standard InChI is InChI=1S/C16H18N2O2S2/c19-16(11-10-22-15(17-11)14-6-3-9-21-14)18-7-8-20-13-5-2-1-4-12(13)18/h3,6,9-10,12-13H,1-2,4-5,7-8H2/t12-,13+/m1/s1. The van der Waals surface area contributed by atoms with Gasteiger partial charge in [0.05, 0.1) is 23.6 Å². The van der Waals surface area contributed by atoms with Crippen LogP contribution in [0, 0.1) is 0 Å². The number of rotatable bonds is 2. The molecule has 1 aliphatic heterocycles. The zero-order valence-corrected chi connectivity index (χ0v) is 13.9. The predicted octanol–water partition coefficient (Wildman–Crippen LogP) is 3.66. The molecular formula is C16H18N2O2S2. The van der Waals surface area contributed by atoms with Crippen LogP contribution < -0.4 is 0 Å². The number of carbonyl (C=O) groups is 1. The summed E-state index contributed by atoms with van der Waals surface area (Å²) in [4.78, 5) is 20.5. The minimum atomic E-state index is 0.0688. The molecule has 2 fully saturated rings. The second-order valence-electron chi connectivity index (χ2n) is 5.77. The van der Waals surface area contributed by atoms with Crippen molar-refractivity contribution in [1.82, 2.24) is 9.88 Å². The van der Waals surface area contributed by atoms with Crippen LogP contribution in [-0.2, 0) is 4.74 Å². The molecule has 2 aromatic rings. The first-order chi connectivity index (χ1) is 10.8. The molecule has 6 heteroatoms. The highest BCUT2D eigenvalue weighted by molar-refractivity contribution is 7.20. The lowest BCUT2D eigenvalue weighted by Crippen LogP contribution is -2.54. The summed E-state index contributed by atoms with van der Waals surface area (Å²) < 4.78 is 5.85. The van der Waals surface area contributed by atoms with Crippen molar-refractivity contribution in [3.05, 3.63) is 28.6 Å². The van der Waals surface area contributed by atoms with Crippen molar-refractivity contribution in [2.45, 2.75) is 37.8 Å². The topological polar surface area (TPSA) is 42.4 Å². The third kappa shape index (κ3) is 2.59. The summed E-state index contributed by atoms with van der Waals surface area (Å²) in [6.07, 6.45) is 4.75. The summed E-state index contributed by atoms with van der Waals surface area (Å²) in [5.41, 5.74) is 0.583. The maximum atomic E-state index is 12.9. The Hall–Kier alpha value is -1.24. The van der Waals surface area contributed by atoms with Crippen LogP contribution in [0.25, 0.3) is 9.88 Å². The number of nitrogens with zero attached hydrogens (tertiary/aromatic N) is 2. The highest BCUT2D eigenvalue weighted by Crippen LogP contribution is 2.31. The van der Waals surface area contributed by atoms with Gasteiger partial charge < -0.3 is 9.64 Å². The van der Waals surface area contributed by atoms with Gasteiger partial charge in [0.15, 0.2) is 0 Å². The summed E-state index contributed by atoms with van der Waals surface area (Å²) in [7, 11) is 0. The molecule has 1 aliphatic carbocycles. The maximum Gasteiger partial charge on any atom is 0.273 e. The highest BCUT2D eigenvalue weighted by atomic mass is 32.1. The number of thiazole rings is 1. The lowest BCUT2D eigenvalue weighted by Gasteiger charge is -2.43. The van der Waals surface area contributed by atoms with E-state index >= 15 is 0 Å². The molecule has 4 rings (SSSR count).